The minimum Gasteiger partial charge on any atom is -0.497 e. The zero-order valence-corrected chi connectivity index (χ0v) is 19.9. The van der Waals surface area contributed by atoms with Gasteiger partial charge in [-0.05, 0) is 23.4 Å². The molecule has 0 aliphatic rings. The summed E-state index contributed by atoms with van der Waals surface area (Å²) in [6.45, 7) is 0. The summed E-state index contributed by atoms with van der Waals surface area (Å²) in [5, 5.41) is 10.5. The molecular weight excluding hydrogens is 488 g/mol. The summed E-state index contributed by atoms with van der Waals surface area (Å²) in [7, 11) is 2.85. The zero-order valence-electron chi connectivity index (χ0n) is 19.9. The summed E-state index contributed by atoms with van der Waals surface area (Å²) < 4.78 is 32.9. The van der Waals surface area contributed by atoms with E-state index in [1.165, 1.54) is 23.9 Å². The van der Waals surface area contributed by atoms with Crippen molar-refractivity contribution >= 4 is 22.6 Å². The molecule has 0 atom stereocenters. The van der Waals surface area contributed by atoms with Crippen molar-refractivity contribution in [2.45, 2.75) is 12.8 Å². The minimum atomic E-state index is -1.14. The van der Waals surface area contributed by atoms with E-state index in [1.807, 2.05) is 24.3 Å². The molecule has 0 aliphatic heterocycles. The highest BCUT2D eigenvalue weighted by Crippen LogP contribution is 2.25. The minimum absolute atomic E-state index is 0.000000000000000222. The van der Waals surface area contributed by atoms with Crippen LogP contribution in [-0.4, -0.2) is 33.2 Å². The van der Waals surface area contributed by atoms with Crippen LogP contribution >= 0.6 is 0 Å². The van der Waals surface area contributed by atoms with Crippen LogP contribution in [0.2, 0.25) is 0 Å². The number of amides is 1. The fourth-order valence-electron chi connectivity index (χ4n) is 3.70. The molecule has 3 aromatic carbocycles. The van der Waals surface area contributed by atoms with Gasteiger partial charge in [-0.3, -0.25) is 14.4 Å². The number of methoxy groups -OCH3 is 1. The third-order valence-electron chi connectivity index (χ3n) is 5.49. The van der Waals surface area contributed by atoms with E-state index in [-0.39, 0.29) is 12.2 Å². The number of carboxylic acid groups (broad SMARTS) is 1. The Kier molecular flexibility index (Phi) is 8.18. The molecule has 0 unspecified atom stereocenters. The highest BCUT2D eigenvalue weighted by Gasteiger charge is 2.16. The molecule has 192 valence electrons. The van der Waals surface area contributed by atoms with E-state index in [2.05, 4.69) is 4.74 Å². The molecule has 4 rings (SSSR count). The summed E-state index contributed by atoms with van der Waals surface area (Å²) in [5.41, 5.74) is 4.54. The van der Waals surface area contributed by atoms with E-state index in [1.54, 1.807) is 19.2 Å². The smallest absolute Gasteiger partial charge is 0.335 e. The molecule has 37 heavy (non-hydrogen) atoms. The second kappa shape index (κ2) is 11.3. The van der Waals surface area contributed by atoms with Gasteiger partial charge in [0, 0.05) is 43.3 Å². The van der Waals surface area contributed by atoms with Crippen LogP contribution < -0.4 is 21.7 Å². The molecule has 0 spiro atoms. The maximum absolute atomic E-state index is 12.9. The van der Waals surface area contributed by atoms with Gasteiger partial charge >= 0.3 is 11.7 Å². The van der Waals surface area contributed by atoms with Gasteiger partial charge in [0.25, 0.3) is 11.5 Å². The van der Waals surface area contributed by atoms with Gasteiger partial charge in [-0.1, -0.05) is 30.3 Å². The molecule has 3 N–H and O–H groups in total. The number of nitrogens with two attached hydrogens (primary N) is 1. The number of rotatable bonds is 6. The Hall–Kier alpha value is -4.80. The van der Waals surface area contributed by atoms with Crippen molar-refractivity contribution in [3.8, 4) is 11.4 Å². The van der Waals surface area contributed by atoms with Crippen LogP contribution in [0.5, 0.6) is 5.75 Å². The fourth-order valence-corrected chi connectivity index (χ4v) is 3.70. The lowest BCUT2D eigenvalue weighted by Crippen LogP contribution is -2.36. The number of carbonyl (C=O) groups is 2. The average Bonchev–Trinajstić information content (AvgIpc) is 2.85. The van der Waals surface area contributed by atoms with E-state index >= 15 is 0 Å². The van der Waals surface area contributed by atoms with Gasteiger partial charge in [0.15, 0.2) is 0 Å². The first-order valence-electron chi connectivity index (χ1n) is 10.9. The molecule has 1 amide bonds. The molecule has 0 saturated heterocycles. The fraction of sp³-hybridized carbons (Fsp3) is 0.154. The van der Waals surface area contributed by atoms with Crippen LogP contribution in [-0.2, 0) is 18.3 Å². The second-order valence-corrected chi connectivity index (χ2v) is 7.90. The monoisotopic (exact) mass is 511 g/mol. The maximum atomic E-state index is 12.9. The van der Waals surface area contributed by atoms with Gasteiger partial charge in [-0.15, -0.1) is 0 Å². The van der Waals surface area contributed by atoms with Crippen molar-refractivity contribution in [3.05, 3.63) is 104 Å². The Bertz CT molecular complexity index is 1590. The molecule has 0 saturated carbocycles. The van der Waals surface area contributed by atoms with Crippen molar-refractivity contribution < 1.29 is 28.2 Å². The highest BCUT2D eigenvalue weighted by molar-refractivity contribution is 5.93. The molecule has 11 heteroatoms. The molecule has 0 bridgehead atoms. The number of nitrogens with zero attached hydrogens (tertiary/aromatic N) is 2. The Morgan fingerprint density at radius 3 is 2.22 bits per heavy atom. The summed E-state index contributed by atoms with van der Waals surface area (Å²) in [6, 6.07) is 14.0. The van der Waals surface area contributed by atoms with Gasteiger partial charge in [0.1, 0.15) is 22.9 Å². The first kappa shape index (κ1) is 26.8. The van der Waals surface area contributed by atoms with Gasteiger partial charge in [0.2, 0.25) is 0 Å². The number of fused-ring (bicyclic) bond motifs is 1. The first-order chi connectivity index (χ1) is 17.5. The lowest BCUT2D eigenvalue weighted by atomic mass is 9.99. The summed E-state index contributed by atoms with van der Waals surface area (Å²) in [5.74, 6) is -4.05. The predicted molar refractivity (Wildman–Crippen MR) is 132 cm³/mol. The molecule has 0 radical (unpaired) electrons. The topological polar surface area (TPSA) is 134 Å². The average molecular weight is 511 g/mol. The van der Waals surface area contributed by atoms with E-state index < -0.39 is 40.3 Å². The maximum Gasteiger partial charge on any atom is 0.335 e. The number of aryl methyl sites for hydroxylation is 2. The Morgan fingerprint density at radius 2 is 1.62 bits per heavy atom. The largest absolute Gasteiger partial charge is 0.497 e. The third kappa shape index (κ3) is 5.89. The van der Waals surface area contributed by atoms with Crippen molar-refractivity contribution in [3.63, 3.8) is 0 Å². The van der Waals surface area contributed by atoms with Crippen molar-refractivity contribution in [1.29, 1.82) is 0 Å². The number of aliphatic carboxylic acids is 1. The molecule has 1 heterocycles. The number of primary amides is 1. The van der Waals surface area contributed by atoms with Crippen LogP contribution in [0.25, 0.3) is 16.5 Å². The Morgan fingerprint density at radius 1 is 1.00 bits per heavy atom. The molecule has 0 fully saturated rings. The first-order valence-corrected chi connectivity index (χ1v) is 10.9. The van der Waals surface area contributed by atoms with Crippen molar-refractivity contribution in [2.24, 2.45) is 12.8 Å². The van der Waals surface area contributed by atoms with Crippen molar-refractivity contribution in [1.82, 2.24) is 9.13 Å². The lowest BCUT2D eigenvalue weighted by molar-refractivity contribution is -0.136. The van der Waals surface area contributed by atoms with E-state index in [9.17, 15) is 28.0 Å². The van der Waals surface area contributed by atoms with Gasteiger partial charge in [-0.2, -0.15) is 0 Å². The molecule has 0 aliphatic carbocycles. The van der Waals surface area contributed by atoms with Crippen LogP contribution in [0.3, 0.4) is 0 Å². The SMILES string of the molecule is COc1cc(F)c(C(N)=O)c(F)c1.Cn1ccc(=O)n(-c2cccc3c(CCC(=O)O)cccc23)c1=O. The van der Waals surface area contributed by atoms with E-state index in [4.69, 9.17) is 10.8 Å². The quantitative estimate of drug-likeness (QED) is 0.409. The van der Waals surface area contributed by atoms with Crippen LogP contribution in [0.4, 0.5) is 8.78 Å². The molecule has 4 aromatic rings. The molecular formula is C26H23F2N3O6. The van der Waals surface area contributed by atoms with Crippen LogP contribution in [0.1, 0.15) is 22.3 Å². The van der Waals surface area contributed by atoms with Crippen LogP contribution in [0, 0.1) is 11.6 Å². The lowest BCUT2D eigenvalue weighted by Gasteiger charge is -2.12. The Labute approximate surface area is 209 Å². The number of hydrogen-bond acceptors (Lipinski definition) is 5. The van der Waals surface area contributed by atoms with E-state index in [0.29, 0.717) is 12.1 Å². The standard InChI is InChI=1S/C18H16N2O4.C8H7F2NO2/c1-19-11-10-16(21)20(18(19)24)15-7-3-5-13-12(8-9-17(22)23)4-2-6-14(13)15;1-13-4-2-5(9)7(8(11)12)6(10)3-4/h2-7,10-11H,8-9H2,1H3,(H,22,23);2-3H,1H3,(H2,11,12). The third-order valence-corrected chi connectivity index (χ3v) is 5.49. The summed E-state index contributed by atoms with van der Waals surface area (Å²) >= 11 is 0. The number of aromatic nitrogens is 2. The van der Waals surface area contributed by atoms with Crippen molar-refractivity contribution in [2.75, 3.05) is 7.11 Å². The highest BCUT2D eigenvalue weighted by atomic mass is 19.1. The second-order valence-electron chi connectivity index (χ2n) is 7.90. The summed E-state index contributed by atoms with van der Waals surface area (Å²) in [4.78, 5) is 46.0. The number of ether oxygens (including phenoxy) is 1. The summed E-state index contributed by atoms with van der Waals surface area (Å²) in [6.07, 6.45) is 1.85. The zero-order chi connectivity index (χ0) is 27.3. The number of carbonyl (C=O) groups excluding carboxylic acids is 1. The van der Waals surface area contributed by atoms with Crippen LogP contribution in [0.15, 0.2) is 70.4 Å². The molecule has 1 aromatic heterocycles. The van der Waals surface area contributed by atoms with Gasteiger partial charge in [-0.25, -0.2) is 18.1 Å². The van der Waals surface area contributed by atoms with Gasteiger partial charge < -0.3 is 20.1 Å². The number of hydrogen-bond donors (Lipinski definition) is 2. The Balaban J connectivity index is 0.000000248. The number of halogens is 2. The molecule has 9 nitrogen and oxygen atoms in total. The van der Waals surface area contributed by atoms with Gasteiger partial charge in [0.05, 0.1) is 12.8 Å². The normalized spacial score (nSPS) is 10.5. The van der Waals surface area contributed by atoms with E-state index in [0.717, 1.165) is 33.0 Å². The number of benzene rings is 3. The predicted octanol–water partition coefficient (Wildman–Crippen LogP) is 2.78. The number of carboxylic acids is 1.